The predicted molar refractivity (Wildman–Crippen MR) is 76.6 cm³/mol. The SMILES string of the molecule is CN1CCCC(Nc2nnc(Cl)c3cscc23)C1. The molecule has 0 radical (unpaired) electrons. The van der Waals surface area contributed by atoms with Crippen LogP contribution in [0.2, 0.25) is 5.15 Å². The van der Waals surface area contributed by atoms with Gasteiger partial charge in [-0.15, -0.1) is 10.2 Å². The molecule has 1 fully saturated rings. The van der Waals surface area contributed by atoms with Crippen molar-refractivity contribution in [3.63, 3.8) is 0 Å². The molecule has 2 aromatic heterocycles. The van der Waals surface area contributed by atoms with Crippen LogP contribution in [0.5, 0.6) is 0 Å². The topological polar surface area (TPSA) is 41.0 Å². The molecule has 1 atom stereocenters. The second kappa shape index (κ2) is 4.99. The van der Waals surface area contributed by atoms with Gasteiger partial charge in [0, 0.05) is 34.1 Å². The van der Waals surface area contributed by atoms with Gasteiger partial charge in [-0.05, 0) is 26.4 Å². The van der Waals surface area contributed by atoms with Crippen molar-refractivity contribution in [2.75, 3.05) is 25.5 Å². The number of thiophene rings is 1. The number of likely N-dealkylation sites (N-methyl/N-ethyl adjacent to an activating group) is 1. The molecule has 0 bridgehead atoms. The van der Waals surface area contributed by atoms with Crippen LogP contribution in [0, 0.1) is 0 Å². The molecule has 3 heterocycles. The number of anilines is 1. The normalized spacial score (nSPS) is 21.3. The number of piperidine rings is 1. The quantitative estimate of drug-likeness (QED) is 0.920. The summed E-state index contributed by atoms with van der Waals surface area (Å²) < 4.78 is 0. The molecule has 18 heavy (non-hydrogen) atoms. The number of hydrogen-bond acceptors (Lipinski definition) is 5. The van der Waals surface area contributed by atoms with Crippen LogP contribution in [0.25, 0.3) is 10.8 Å². The lowest BCUT2D eigenvalue weighted by molar-refractivity contribution is 0.261. The number of likely N-dealkylation sites (tertiary alicyclic amines) is 1. The Morgan fingerprint density at radius 2 is 2.22 bits per heavy atom. The number of hydrogen-bond donors (Lipinski definition) is 1. The molecule has 3 rings (SSSR count). The van der Waals surface area contributed by atoms with Crippen molar-refractivity contribution in [3.8, 4) is 0 Å². The predicted octanol–water partition coefficient (Wildman–Crippen LogP) is 2.85. The average Bonchev–Trinajstić information content (AvgIpc) is 2.83. The molecule has 0 aliphatic carbocycles. The summed E-state index contributed by atoms with van der Waals surface area (Å²) in [5.41, 5.74) is 0. The minimum Gasteiger partial charge on any atom is -0.364 e. The standard InChI is InChI=1S/C12H15ClN4S/c1-17-4-2-3-8(5-17)14-12-10-7-18-6-9(10)11(13)15-16-12/h6-8H,2-5H2,1H3,(H,14,16). The lowest BCUT2D eigenvalue weighted by Crippen LogP contribution is -2.39. The third-order valence-electron chi connectivity index (χ3n) is 3.34. The van der Waals surface area contributed by atoms with Gasteiger partial charge in [0.2, 0.25) is 0 Å². The van der Waals surface area contributed by atoms with Crippen LogP contribution in [0.3, 0.4) is 0 Å². The van der Waals surface area contributed by atoms with Crippen LogP contribution < -0.4 is 5.32 Å². The second-order valence-corrected chi connectivity index (χ2v) is 5.89. The van der Waals surface area contributed by atoms with Gasteiger partial charge >= 0.3 is 0 Å². The van der Waals surface area contributed by atoms with E-state index in [1.807, 2.05) is 5.38 Å². The lowest BCUT2D eigenvalue weighted by atomic mass is 10.1. The molecule has 1 N–H and O–H groups in total. The molecule has 1 aliphatic heterocycles. The Hall–Kier alpha value is -0.910. The summed E-state index contributed by atoms with van der Waals surface area (Å²) in [5, 5.41) is 18.3. The Bertz CT molecular complexity index is 556. The van der Waals surface area contributed by atoms with Crippen molar-refractivity contribution in [3.05, 3.63) is 15.9 Å². The third-order valence-corrected chi connectivity index (χ3v) is 4.37. The van der Waals surface area contributed by atoms with E-state index in [2.05, 4.69) is 32.8 Å². The van der Waals surface area contributed by atoms with E-state index in [-0.39, 0.29) is 0 Å². The zero-order valence-electron chi connectivity index (χ0n) is 10.2. The maximum atomic E-state index is 6.03. The molecule has 1 unspecified atom stereocenters. The van der Waals surface area contributed by atoms with E-state index in [1.54, 1.807) is 11.3 Å². The molecule has 2 aromatic rings. The first-order valence-electron chi connectivity index (χ1n) is 6.07. The van der Waals surface area contributed by atoms with Gasteiger partial charge in [-0.1, -0.05) is 11.6 Å². The van der Waals surface area contributed by atoms with E-state index in [0.717, 1.165) is 23.1 Å². The van der Waals surface area contributed by atoms with E-state index in [1.165, 1.54) is 19.4 Å². The number of nitrogens with one attached hydrogen (secondary N) is 1. The number of fused-ring (bicyclic) bond motifs is 1. The monoisotopic (exact) mass is 282 g/mol. The summed E-state index contributed by atoms with van der Waals surface area (Å²) in [6, 6.07) is 0.447. The van der Waals surface area contributed by atoms with Gasteiger partial charge in [-0.2, -0.15) is 11.3 Å². The summed E-state index contributed by atoms with van der Waals surface area (Å²) in [6.07, 6.45) is 2.41. The van der Waals surface area contributed by atoms with Gasteiger partial charge in [0.15, 0.2) is 11.0 Å². The van der Waals surface area contributed by atoms with Gasteiger partial charge in [0.1, 0.15) is 0 Å². The minimum absolute atomic E-state index is 0.447. The summed E-state index contributed by atoms with van der Waals surface area (Å²) in [6.45, 7) is 2.23. The third kappa shape index (κ3) is 2.30. The molecule has 0 saturated carbocycles. The van der Waals surface area contributed by atoms with E-state index >= 15 is 0 Å². The highest BCUT2D eigenvalue weighted by atomic mass is 35.5. The fraction of sp³-hybridized carbons (Fsp3) is 0.500. The van der Waals surface area contributed by atoms with Gasteiger partial charge in [0.05, 0.1) is 0 Å². The van der Waals surface area contributed by atoms with Crippen LogP contribution in [-0.2, 0) is 0 Å². The zero-order valence-corrected chi connectivity index (χ0v) is 11.8. The zero-order chi connectivity index (χ0) is 12.5. The Labute approximate surface area is 115 Å². The maximum absolute atomic E-state index is 6.03. The highest BCUT2D eigenvalue weighted by Crippen LogP contribution is 2.30. The number of halogens is 1. The summed E-state index contributed by atoms with van der Waals surface area (Å²) in [4.78, 5) is 2.34. The van der Waals surface area contributed by atoms with Gasteiger partial charge < -0.3 is 10.2 Å². The van der Waals surface area contributed by atoms with E-state index < -0.39 is 0 Å². The van der Waals surface area contributed by atoms with Crippen LogP contribution in [0.4, 0.5) is 5.82 Å². The number of rotatable bonds is 2. The highest BCUT2D eigenvalue weighted by molar-refractivity contribution is 7.09. The smallest absolute Gasteiger partial charge is 0.160 e. The molecular weight excluding hydrogens is 268 g/mol. The number of nitrogens with zero attached hydrogens (tertiary/aromatic N) is 3. The van der Waals surface area contributed by atoms with Gasteiger partial charge in [-0.25, -0.2) is 0 Å². The maximum Gasteiger partial charge on any atom is 0.160 e. The van der Waals surface area contributed by atoms with Crippen molar-refractivity contribution < 1.29 is 0 Å². The van der Waals surface area contributed by atoms with Crippen LogP contribution in [0.1, 0.15) is 12.8 Å². The molecule has 0 aromatic carbocycles. The van der Waals surface area contributed by atoms with Crippen LogP contribution in [-0.4, -0.2) is 41.3 Å². The Kier molecular flexibility index (Phi) is 3.37. The number of aromatic nitrogens is 2. The molecule has 0 amide bonds. The Balaban J connectivity index is 1.86. The summed E-state index contributed by atoms with van der Waals surface area (Å²) in [5.74, 6) is 0.857. The molecule has 6 heteroatoms. The minimum atomic E-state index is 0.447. The van der Waals surface area contributed by atoms with Crippen LogP contribution >= 0.6 is 22.9 Å². The molecule has 1 aliphatic rings. The fourth-order valence-electron chi connectivity index (χ4n) is 2.43. The molecule has 4 nitrogen and oxygen atoms in total. The summed E-state index contributed by atoms with van der Waals surface area (Å²) >= 11 is 7.66. The van der Waals surface area contributed by atoms with E-state index in [4.69, 9.17) is 11.6 Å². The van der Waals surface area contributed by atoms with Crippen molar-refractivity contribution in [1.29, 1.82) is 0 Å². The first kappa shape index (κ1) is 12.1. The first-order valence-corrected chi connectivity index (χ1v) is 7.39. The van der Waals surface area contributed by atoms with Gasteiger partial charge in [0.25, 0.3) is 0 Å². The molecule has 0 spiro atoms. The molecular formula is C12H15ClN4S. The van der Waals surface area contributed by atoms with E-state index in [9.17, 15) is 0 Å². The average molecular weight is 283 g/mol. The van der Waals surface area contributed by atoms with Crippen molar-refractivity contribution >= 4 is 39.5 Å². The second-order valence-electron chi connectivity index (χ2n) is 4.78. The van der Waals surface area contributed by atoms with Crippen molar-refractivity contribution in [1.82, 2.24) is 15.1 Å². The Morgan fingerprint density at radius 3 is 3.06 bits per heavy atom. The van der Waals surface area contributed by atoms with Crippen molar-refractivity contribution in [2.45, 2.75) is 18.9 Å². The fourth-order valence-corrected chi connectivity index (χ4v) is 3.50. The van der Waals surface area contributed by atoms with Crippen molar-refractivity contribution in [2.24, 2.45) is 0 Å². The highest BCUT2D eigenvalue weighted by Gasteiger charge is 2.19. The van der Waals surface area contributed by atoms with Gasteiger partial charge in [-0.3, -0.25) is 0 Å². The Morgan fingerprint density at radius 1 is 1.39 bits per heavy atom. The molecule has 1 saturated heterocycles. The lowest BCUT2D eigenvalue weighted by Gasteiger charge is -2.30. The largest absolute Gasteiger partial charge is 0.364 e. The summed E-state index contributed by atoms with van der Waals surface area (Å²) in [7, 11) is 2.15. The first-order chi connectivity index (χ1) is 8.74. The molecule has 96 valence electrons. The van der Waals surface area contributed by atoms with E-state index in [0.29, 0.717) is 11.2 Å². The van der Waals surface area contributed by atoms with Crippen LogP contribution in [0.15, 0.2) is 10.8 Å².